The van der Waals surface area contributed by atoms with Crippen molar-refractivity contribution < 1.29 is 0 Å². The Morgan fingerprint density at radius 2 is 1.60 bits per heavy atom. The highest BCUT2D eigenvalue weighted by molar-refractivity contribution is 8.01. The van der Waals surface area contributed by atoms with Gasteiger partial charge in [0.2, 0.25) is 0 Å². The van der Waals surface area contributed by atoms with Crippen LogP contribution in [0.15, 0.2) is 17.0 Å². The second-order valence-electron chi connectivity index (χ2n) is 5.69. The lowest BCUT2D eigenvalue weighted by atomic mass is 9.73. The van der Waals surface area contributed by atoms with Crippen LogP contribution in [0.1, 0.15) is 44.4 Å². The lowest BCUT2D eigenvalue weighted by Gasteiger charge is -2.35. The van der Waals surface area contributed by atoms with Crippen LogP contribution in [0.3, 0.4) is 0 Å². The normalized spacial score (nSPS) is 21.5. The topological polar surface area (TPSA) is 0 Å². The zero-order valence-corrected chi connectivity index (χ0v) is 11.4. The first-order chi connectivity index (χ1) is 6.75. The Balaban J connectivity index is 2.70. The van der Waals surface area contributed by atoms with Crippen LogP contribution < -0.4 is 0 Å². The highest BCUT2D eigenvalue weighted by Crippen LogP contribution is 2.57. The number of hydrogen-bond donors (Lipinski definition) is 0. The molecule has 2 rings (SSSR count). The SMILES string of the molecule is Cc1cc(C)c2c(c1)SC(C)(C)C2(C)C. The van der Waals surface area contributed by atoms with Gasteiger partial charge in [0.15, 0.2) is 0 Å². The third-order valence-corrected chi connectivity index (χ3v) is 5.50. The molecule has 1 aromatic carbocycles. The number of benzene rings is 1. The van der Waals surface area contributed by atoms with Crippen molar-refractivity contribution in [2.45, 2.75) is 56.6 Å². The van der Waals surface area contributed by atoms with Crippen molar-refractivity contribution >= 4 is 11.8 Å². The third kappa shape index (κ3) is 1.44. The molecule has 0 unspecified atom stereocenters. The predicted octanol–water partition coefficient (Wildman–Crippen LogP) is 4.47. The molecule has 1 heterocycles. The van der Waals surface area contributed by atoms with E-state index in [0.29, 0.717) is 4.75 Å². The summed E-state index contributed by atoms with van der Waals surface area (Å²) in [6.07, 6.45) is 0. The van der Waals surface area contributed by atoms with Gasteiger partial charge in [0.25, 0.3) is 0 Å². The van der Waals surface area contributed by atoms with Crippen LogP contribution in [-0.2, 0) is 5.41 Å². The fourth-order valence-corrected chi connectivity index (χ4v) is 4.18. The van der Waals surface area contributed by atoms with Gasteiger partial charge in [-0.3, -0.25) is 0 Å². The third-order valence-electron chi connectivity index (χ3n) is 3.94. The van der Waals surface area contributed by atoms with Crippen LogP contribution in [-0.4, -0.2) is 4.75 Å². The van der Waals surface area contributed by atoms with Gasteiger partial charge < -0.3 is 0 Å². The van der Waals surface area contributed by atoms with Gasteiger partial charge in [-0.25, -0.2) is 0 Å². The molecule has 0 aliphatic carbocycles. The highest BCUT2D eigenvalue weighted by atomic mass is 32.2. The molecular formula is C14H20S. The minimum Gasteiger partial charge on any atom is -0.119 e. The first-order valence-corrected chi connectivity index (χ1v) is 6.38. The van der Waals surface area contributed by atoms with Crippen LogP contribution >= 0.6 is 11.8 Å². The summed E-state index contributed by atoms with van der Waals surface area (Å²) >= 11 is 2.03. The molecule has 0 N–H and O–H groups in total. The molecule has 0 amide bonds. The first kappa shape index (κ1) is 11.1. The van der Waals surface area contributed by atoms with Crippen molar-refractivity contribution in [1.82, 2.24) is 0 Å². The molecule has 0 spiro atoms. The van der Waals surface area contributed by atoms with Crippen molar-refractivity contribution in [1.29, 1.82) is 0 Å². The maximum Gasteiger partial charge on any atom is 0.0242 e. The maximum atomic E-state index is 2.37. The van der Waals surface area contributed by atoms with E-state index in [-0.39, 0.29) is 5.41 Å². The molecule has 0 saturated heterocycles. The summed E-state index contributed by atoms with van der Waals surface area (Å²) in [7, 11) is 0. The molecule has 0 nitrogen and oxygen atoms in total. The van der Waals surface area contributed by atoms with Crippen molar-refractivity contribution in [3.63, 3.8) is 0 Å². The lowest BCUT2D eigenvalue weighted by molar-refractivity contribution is 0.419. The average Bonchev–Trinajstić information content (AvgIpc) is 2.15. The molecule has 0 fully saturated rings. The highest BCUT2D eigenvalue weighted by Gasteiger charge is 2.47. The van der Waals surface area contributed by atoms with E-state index in [1.807, 2.05) is 11.8 Å². The predicted molar refractivity (Wildman–Crippen MR) is 68.9 cm³/mol. The fraction of sp³-hybridized carbons (Fsp3) is 0.571. The average molecular weight is 220 g/mol. The van der Waals surface area contributed by atoms with Gasteiger partial charge in [-0.15, -0.1) is 11.8 Å². The molecule has 1 heteroatoms. The van der Waals surface area contributed by atoms with Crippen molar-refractivity contribution in [3.8, 4) is 0 Å². The first-order valence-electron chi connectivity index (χ1n) is 5.56. The summed E-state index contributed by atoms with van der Waals surface area (Å²) in [5, 5.41) is 0. The molecule has 0 bridgehead atoms. The van der Waals surface area contributed by atoms with Gasteiger partial charge in [0.05, 0.1) is 0 Å². The van der Waals surface area contributed by atoms with Gasteiger partial charge in [-0.2, -0.15) is 0 Å². The fourth-order valence-electron chi connectivity index (χ4n) is 2.51. The largest absolute Gasteiger partial charge is 0.119 e. The van der Waals surface area contributed by atoms with E-state index in [4.69, 9.17) is 0 Å². The lowest BCUT2D eigenvalue weighted by Crippen LogP contribution is -2.35. The zero-order chi connectivity index (χ0) is 11.4. The van der Waals surface area contributed by atoms with Crippen LogP contribution in [0.25, 0.3) is 0 Å². The van der Waals surface area contributed by atoms with Crippen molar-refractivity contribution in [2.24, 2.45) is 0 Å². The zero-order valence-electron chi connectivity index (χ0n) is 10.6. The van der Waals surface area contributed by atoms with E-state index in [9.17, 15) is 0 Å². The van der Waals surface area contributed by atoms with E-state index >= 15 is 0 Å². The Morgan fingerprint density at radius 1 is 1.00 bits per heavy atom. The standard InChI is InChI=1S/C14H20S/c1-9-7-10(2)12-11(8-9)15-14(5,6)13(12,3)4/h7-8H,1-6H3. The summed E-state index contributed by atoms with van der Waals surface area (Å²) in [5.74, 6) is 0. The summed E-state index contributed by atoms with van der Waals surface area (Å²) in [6, 6.07) is 4.64. The van der Waals surface area contributed by atoms with Crippen LogP contribution in [0.5, 0.6) is 0 Å². The second-order valence-corrected chi connectivity index (χ2v) is 7.36. The van der Waals surface area contributed by atoms with Gasteiger partial charge in [0, 0.05) is 15.1 Å². The van der Waals surface area contributed by atoms with E-state index < -0.39 is 0 Å². The molecule has 0 saturated carbocycles. The van der Waals surface area contributed by atoms with Crippen LogP contribution in [0.4, 0.5) is 0 Å². The quantitative estimate of drug-likeness (QED) is 0.622. The van der Waals surface area contributed by atoms with E-state index in [1.54, 1.807) is 5.56 Å². The minimum absolute atomic E-state index is 0.269. The van der Waals surface area contributed by atoms with Crippen molar-refractivity contribution in [2.75, 3.05) is 0 Å². The number of rotatable bonds is 0. The summed E-state index contributed by atoms with van der Waals surface area (Å²) < 4.78 is 0.299. The van der Waals surface area contributed by atoms with Gasteiger partial charge in [0.1, 0.15) is 0 Å². The molecule has 1 aliphatic rings. The van der Waals surface area contributed by atoms with Crippen LogP contribution in [0.2, 0.25) is 0 Å². The molecule has 1 aromatic rings. The number of hydrogen-bond acceptors (Lipinski definition) is 1. The van der Waals surface area contributed by atoms with E-state index in [2.05, 4.69) is 53.7 Å². The Hall–Kier alpha value is -0.430. The Labute approximate surface area is 97.5 Å². The minimum atomic E-state index is 0.269. The monoisotopic (exact) mass is 220 g/mol. The summed E-state index contributed by atoms with van der Waals surface area (Å²) in [5.41, 5.74) is 4.66. The Bertz CT molecular complexity index is 414. The second kappa shape index (κ2) is 3.04. The molecule has 0 radical (unpaired) electrons. The van der Waals surface area contributed by atoms with Gasteiger partial charge in [-0.05, 0) is 50.5 Å². The Morgan fingerprint density at radius 3 is 2.20 bits per heavy atom. The molecular weight excluding hydrogens is 200 g/mol. The molecule has 0 aromatic heterocycles. The number of aryl methyl sites for hydroxylation is 2. The van der Waals surface area contributed by atoms with Gasteiger partial charge >= 0.3 is 0 Å². The number of fused-ring (bicyclic) bond motifs is 1. The smallest absolute Gasteiger partial charge is 0.0242 e. The van der Waals surface area contributed by atoms with Gasteiger partial charge in [-0.1, -0.05) is 19.9 Å². The Kier molecular flexibility index (Phi) is 2.24. The summed E-state index contributed by atoms with van der Waals surface area (Å²) in [6.45, 7) is 13.9. The molecule has 0 atom stereocenters. The van der Waals surface area contributed by atoms with Crippen molar-refractivity contribution in [3.05, 3.63) is 28.8 Å². The summed E-state index contributed by atoms with van der Waals surface area (Å²) in [4.78, 5) is 1.49. The van der Waals surface area contributed by atoms with E-state index in [0.717, 1.165) is 0 Å². The number of thioether (sulfide) groups is 1. The molecule has 82 valence electrons. The van der Waals surface area contributed by atoms with E-state index in [1.165, 1.54) is 16.0 Å². The molecule has 15 heavy (non-hydrogen) atoms. The van der Waals surface area contributed by atoms with Crippen LogP contribution in [0, 0.1) is 13.8 Å². The maximum absolute atomic E-state index is 2.37. The molecule has 1 aliphatic heterocycles.